The third kappa shape index (κ3) is 2.88. The number of amides is 1. The van der Waals surface area contributed by atoms with E-state index in [9.17, 15) is 9.18 Å². The van der Waals surface area contributed by atoms with Gasteiger partial charge in [0.25, 0.3) is 0 Å². The van der Waals surface area contributed by atoms with Crippen LogP contribution in [0.1, 0.15) is 18.4 Å². The molecule has 5 rings (SSSR count). The SMILES string of the molecule is O=C(C1CCN(c2nc3c(F)cccc3s2)CC1)N1CCc2ccccc21. The lowest BCUT2D eigenvalue weighted by molar-refractivity contribution is -0.122. The van der Waals surface area contributed by atoms with E-state index in [1.165, 1.54) is 23.0 Å². The molecule has 4 nitrogen and oxygen atoms in total. The molecule has 0 saturated carbocycles. The second-order valence-electron chi connectivity index (χ2n) is 7.21. The lowest BCUT2D eigenvalue weighted by Gasteiger charge is -2.33. The molecule has 2 aliphatic heterocycles. The van der Waals surface area contributed by atoms with Crippen molar-refractivity contribution < 1.29 is 9.18 Å². The summed E-state index contributed by atoms with van der Waals surface area (Å²) >= 11 is 1.52. The minimum Gasteiger partial charge on any atom is -0.348 e. The average Bonchev–Trinajstić information content (AvgIpc) is 3.33. The number of aromatic nitrogens is 1. The van der Waals surface area contributed by atoms with E-state index >= 15 is 0 Å². The fourth-order valence-corrected chi connectivity index (χ4v) is 5.18. The number of benzene rings is 2. The largest absolute Gasteiger partial charge is 0.348 e. The summed E-state index contributed by atoms with van der Waals surface area (Å²) in [6, 6.07) is 13.3. The summed E-state index contributed by atoms with van der Waals surface area (Å²) in [5.41, 5.74) is 2.79. The van der Waals surface area contributed by atoms with Crippen LogP contribution >= 0.6 is 11.3 Å². The Hall–Kier alpha value is -2.47. The Morgan fingerprint density at radius 1 is 1.07 bits per heavy atom. The highest BCUT2D eigenvalue weighted by atomic mass is 32.1. The maximum atomic E-state index is 13.9. The number of carbonyl (C=O) groups is 1. The normalized spacial score (nSPS) is 17.5. The Kier molecular flexibility index (Phi) is 4.08. The van der Waals surface area contributed by atoms with Crippen LogP contribution in [-0.2, 0) is 11.2 Å². The molecule has 0 N–H and O–H groups in total. The molecular weight excluding hydrogens is 361 g/mol. The zero-order valence-electron chi connectivity index (χ0n) is 14.9. The van der Waals surface area contributed by atoms with Crippen molar-refractivity contribution in [3.05, 3.63) is 53.8 Å². The number of thiazole rings is 1. The van der Waals surface area contributed by atoms with Gasteiger partial charge in [0.1, 0.15) is 11.3 Å². The van der Waals surface area contributed by atoms with Crippen LogP contribution in [0.3, 0.4) is 0 Å². The fourth-order valence-electron chi connectivity index (χ4n) is 4.14. The van der Waals surface area contributed by atoms with Gasteiger partial charge < -0.3 is 9.80 Å². The first-order chi connectivity index (χ1) is 13.2. The van der Waals surface area contributed by atoms with Gasteiger partial charge in [0.2, 0.25) is 5.91 Å². The van der Waals surface area contributed by atoms with Gasteiger partial charge in [-0.05, 0) is 43.0 Å². The summed E-state index contributed by atoms with van der Waals surface area (Å²) in [6.45, 7) is 2.36. The molecule has 0 atom stereocenters. The molecule has 2 aromatic carbocycles. The number of anilines is 2. The molecule has 2 aliphatic rings. The molecule has 1 aromatic heterocycles. The Morgan fingerprint density at radius 3 is 2.70 bits per heavy atom. The summed E-state index contributed by atoms with van der Waals surface area (Å²) in [6.07, 6.45) is 2.57. The number of para-hydroxylation sites is 2. The van der Waals surface area contributed by atoms with Crippen molar-refractivity contribution in [2.45, 2.75) is 19.3 Å². The zero-order valence-corrected chi connectivity index (χ0v) is 15.7. The highest BCUT2D eigenvalue weighted by molar-refractivity contribution is 7.22. The maximum Gasteiger partial charge on any atom is 0.230 e. The molecule has 3 heterocycles. The van der Waals surface area contributed by atoms with Gasteiger partial charge in [-0.25, -0.2) is 9.37 Å². The molecule has 1 amide bonds. The van der Waals surface area contributed by atoms with E-state index in [0.29, 0.717) is 5.52 Å². The van der Waals surface area contributed by atoms with Crippen molar-refractivity contribution in [1.82, 2.24) is 4.98 Å². The second-order valence-corrected chi connectivity index (χ2v) is 8.22. The Labute approximate surface area is 161 Å². The van der Waals surface area contributed by atoms with Crippen LogP contribution in [0.2, 0.25) is 0 Å². The van der Waals surface area contributed by atoms with Crippen LogP contribution in [0.15, 0.2) is 42.5 Å². The van der Waals surface area contributed by atoms with E-state index < -0.39 is 0 Å². The van der Waals surface area contributed by atoms with Crippen molar-refractivity contribution >= 4 is 38.3 Å². The van der Waals surface area contributed by atoms with Crippen molar-refractivity contribution in [3.63, 3.8) is 0 Å². The molecule has 0 radical (unpaired) electrons. The number of hydrogen-bond acceptors (Lipinski definition) is 4. The van der Waals surface area contributed by atoms with E-state index in [0.717, 1.165) is 54.4 Å². The van der Waals surface area contributed by atoms with Crippen LogP contribution in [-0.4, -0.2) is 30.5 Å². The van der Waals surface area contributed by atoms with Crippen molar-refractivity contribution in [3.8, 4) is 0 Å². The van der Waals surface area contributed by atoms with Crippen LogP contribution in [0.4, 0.5) is 15.2 Å². The Morgan fingerprint density at radius 2 is 1.89 bits per heavy atom. The lowest BCUT2D eigenvalue weighted by atomic mass is 9.95. The van der Waals surface area contributed by atoms with Crippen molar-refractivity contribution in [2.75, 3.05) is 29.4 Å². The number of nitrogens with zero attached hydrogens (tertiary/aromatic N) is 3. The third-order valence-electron chi connectivity index (χ3n) is 5.63. The zero-order chi connectivity index (χ0) is 18.4. The lowest BCUT2D eigenvalue weighted by Crippen LogP contribution is -2.42. The van der Waals surface area contributed by atoms with E-state index in [-0.39, 0.29) is 17.6 Å². The van der Waals surface area contributed by atoms with Gasteiger partial charge in [0, 0.05) is 31.2 Å². The summed E-state index contributed by atoms with van der Waals surface area (Å²) in [5, 5.41) is 0.854. The molecule has 27 heavy (non-hydrogen) atoms. The van der Waals surface area contributed by atoms with Gasteiger partial charge in [-0.1, -0.05) is 35.6 Å². The molecule has 0 bridgehead atoms. The number of carbonyl (C=O) groups excluding carboxylic acids is 1. The highest BCUT2D eigenvalue weighted by Gasteiger charge is 2.33. The summed E-state index contributed by atoms with van der Waals surface area (Å²) in [7, 11) is 0. The van der Waals surface area contributed by atoms with Gasteiger partial charge in [-0.15, -0.1) is 0 Å². The first-order valence-corrected chi connectivity index (χ1v) is 10.2. The second kappa shape index (κ2) is 6.60. The first kappa shape index (κ1) is 16.7. The summed E-state index contributed by atoms with van der Waals surface area (Å²) < 4.78 is 14.8. The average molecular weight is 381 g/mol. The minimum absolute atomic E-state index is 0.0542. The topological polar surface area (TPSA) is 36.4 Å². The highest BCUT2D eigenvalue weighted by Crippen LogP contribution is 2.34. The molecule has 6 heteroatoms. The number of fused-ring (bicyclic) bond motifs is 2. The molecular formula is C21H20FN3OS. The van der Waals surface area contributed by atoms with Crippen LogP contribution in [0.25, 0.3) is 10.2 Å². The monoisotopic (exact) mass is 381 g/mol. The fraction of sp³-hybridized carbons (Fsp3) is 0.333. The van der Waals surface area contributed by atoms with Crippen molar-refractivity contribution in [1.29, 1.82) is 0 Å². The molecule has 0 spiro atoms. The van der Waals surface area contributed by atoms with Gasteiger partial charge in [0.15, 0.2) is 5.13 Å². The smallest absolute Gasteiger partial charge is 0.230 e. The number of rotatable bonds is 2. The number of halogens is 1. The summed E-state index contributed by atoms with van der Waals surface area (Å²) in [4.78, 5) is 21.7. The van der Waals surface area contributed by atoms with Gasteiger partial charge in [0.05, 0.1) is 4.70 Å². The van der Waals surface area contributed by atoms with Crippen molar-refractivity contribution in [2.24, 2.45) is 5.92 Å². The molecule has 0 unspecified atom stereocenters. The Balaban J connectivity index is 1.29. The molecule has 138 valence electrons. The van der Waals surface area contributed by atoms with Crippen LogP contribution < -0.4 is 9.80 Å². The van der Waals surface area contributed by atoms with E-state index in [1.54, 1.807) is 6.07 Å². The third-order valence-corrected chi connectivity index (χ3v) is 6.71. The molecule has 3 aromatic rings. The molecule has 1 saturated heterocycles. The number of hydrogen-bond donors (Lipinski definition) is 0. The van der Waals surface area contributed by atoms with Crippen LogP contribution in [0, 0.1) is 11.7 Å². The summed E-state index contributed by atoms with van der Waals surface area (Å²) in [5.74, 6) is 0.0289. The Bertz CT molecular complexity index is 1010. The predicted molar refractivity (Wildman–Crippen MR) is 107 cm³/mol. The molecule has 1 fully saturated rings. The number of piperidine rings is 1. The first-order valence-electron chi connectivity index (χ1n) is 9.40. The quantitative estimate of drug-likeness (QED) is 0.666. The van der Waals surface area contributed by atoms with E-state index in [4.69, 9.17) is 0 Å². The van der Waals surface area contributed by atoms with Crippen LogP contribution in [0.5, 0.6) is 0 Å². The predicted octanol–water partition coefficient (Wildman–Crippen LogP) is 4.24. The van der Waals surface area contributed by atoms with Gasteiger partial charge in [-0.3, -0.25) is 4.79 Å². The molecule has 0 aliphatic carbocycles. The van der Waals surface area contributed by atoms with E-state index in [2.05, 4.69) is 16.0 Å². The van der Waals surface area contributed by atoms with E-state index in [1.807, 2.05) is 29.2 Å². The maximum absolute atomic E-state index is 13.9. The minimum atomic E-state index is -0.271. The standard InChI is InChI=1S/C21H20FN3OS/c22-16-5-3-7-18-19(16)23-21(27-18)24-11-8-15(9-12-24)20(26)25-13-10-14-4-1-2-6-17(14)25/h1-7,15H,8-13H2. The van der Waals surface area contributed by atoms with Gasteiger partial charge >= 0.3 is 0 Å². The van der Waals surface area contributed by atoms with Gasteiger partial charge in [-0.2, -0.15) is 0 Å².